The lowest BCUT2D eigenvalue weighted by Crippen LogP contribution is -2.69. The van der Waals surface area contributed by atoms with Crippen LogP contribution in [0.1, 0.15) is 20.8 Å². The molecule has 354 valence electrons. The monoisotopic (exact) mass is 894 g/mol. The van der Waals surface area contributed by atoms with E-state index in [9.17, 15) is 81.1 Å². The van der Waals surface area contributed by atoms with Gasteiger partial charge in [0.05, 0.1) is 32.5 Å². The van der Waals surface area contributed by atoms with E-state index in [2.05, 4.69) is 10.6 Å². The first kappa shape index (κ1) is 50.0. The van der Waals surface area contributed by atoms with E-state index < -0.39 is 192 Å². The molecule has 27 heteroatoms. The third kappa shape index (κ3) is 10.9. The smallest absolute Gasteiger partial charge is 0.217 e. The summed E-state index contributed by atoms with van der Waals surface area (Å²) < 4.78 is 51.3. The van der Waals surface area contributed by atoms with Gasteiger partial charge in [-0.3, -0.25) is 9.59 Å². The lowest BCUT2D eigenvalue weighted by atomic mass is 9.94. The van der Waals surface area contributed by atoms with Gasteiger partial charge in [0.15, 0.2) is 31.5 Å². The Labute approximate surface area is 346 Å². The van der Waals surface area contributed by atoms with Crippen LogP contribution in [0.5, 0.6) is 0 Å². The highest BCUT2D eigenvalue weighted by molar-refractivity contribution is 5.73. The van der Waals surface area contributed by atoms with E-state index >= 15 is 0 Å². The molecule has 5 saturated heterocycles. The topological polar surface area (TPSA) is 424 Å². The number of carbonyl (C=O) groups excluding carboxylic acids is 2. The van der Waals surface area contributed by atoms with Crippen LogP contribution in [-0.4, -0.2) is 263 Å². The molecular weight excluding hydrogens is 836 g/mol. The molecule has 5 fully saturated rings. The number of ether oxygens (including phenoxy) is 9. The number of aliphatic hydroxyl groups excluding tert-OH is 14. The normalized spacial score (nSPS) is 49.6. The van der Waals surface area contributed by atoms with Crippen LogP contribution in [0.15, 0.2) is 0 Å². The zero-order chi connectivity index (χ0) is 45.2. The average Bonchev–Trinajstić information content (AvgIpc) is 3.21. The summed E-state index contributed by atoms with van der Waals surface area (Å²) in [6.07, 6.45) is -40.5. The second kappa shape index (κ2) is 21.3. The third-order valence-corrected chi connectivity index (χ3v) is 11.1. The zero-order valence-electron chi connectivity index (χ0n) is 33.0. The van der Waals surface area contributed by atoms with Crippen molar-refractivity contribution in [2.75, 3.05) is 26.4 Å². The molecule has 0 saturated carbocycles. The fourth-order valence-electron chi connectivity index (χ4n) is 7.65. The summed E-state index contributed by atoms with van der Waals surface area (Å²) in [5.41, 5.74) is 0. The van der Waals surface area contributed by atoms with Crippen molar-refractivity contribution < 1.29 is 124 Å². The van der Waals surface area contributed by atoms with Gasteiger partial charge in [-0.25, -0.2) is 0 Å². The molecule has 5 rings (SSSR count). The molecule has 0 aromatic carbocycles. The Kier molecular flexibility index (Phi) is 17.5. The number of amides is 2. The molecule has 0 spiro atoms. The van der Waals surface area contributed by atoms with E-state index in [0.29, 0.717) is 0 Å². The van der Waals surface area contributed by atoms with E-state index in [1.165, 1.54) is 6.92 Å². The Balaban J connectivity index is 1.39. The van der Waals surface area contributed by atoms with E-state index in [-0.39, 0.29) is 0 Å². The highest BCUT2D eigenvalue weighted by atomic mass is 16.8. The molecule has 4 unspecified atom stereocenters. The van der Waals surface area contributed by atoms with Crippen molar-refractivity contribution in [3.05, 3.63) is 0 Å². The standard InChI is InChI=1S/C34H58N2O25/c1-8-17(42)22(47)25(50)32(54-8)61-29-24(49)19(44)12(5-38)58-34(29)60-28-16(36-10(3)41)31(56-13(6-39)20(28)45)53-7-14-21(46)27(15(30(52)55-14)35-9(2)40)59-33-26(51)23(48)18(43)11(4-37)57-33/h8,11-34,37-39,42-52H,4-7H2,1-3H3,(H,35,40)(H,36,41)/t8-,11+,12+,13+,14+,15+,16+,17+,18-,19-,20+,21-,22+,23-,24-,25-,26+,27+,28+,29+,30-,31?,32?,33?,34?/m0/s1. The van der Waals surface area contributed by atoms with Crippen molar-refractivity contribution in [1.29, 1.82) is 0 Å². The Morgan fingerprint density at radius 1 is 0.459 bits per heavy atom. The maximum atomic E-state index is 12.6. The summed E-state index contributed by atoms with van der Waals surface area (Å²) in [4.78, 5) is 24.7. The first-order chi connectivity index (χ1) is 28.7. The first-order valence-corrected chi connectivity index (χ1v) is 19.4. The molecule has 16 N–H and O–H groups in total. The predicted molar refractivity (Wildman–Crippen MR) is 188 cm³/mol. The molecule has 5 aliphatic rings. The van der Waals surface area contributed by atoms with Crippen molar-refractivity contribution in [1.82, 2.24) is 10.6 Å². The summed E-state index contributed by atoms with van der Waals surface area (Å²) in [5.74, 6) is -1.51. The number of aliphatic hydroxyl groups is 14. The molecule has 0 radical (unpaired) electrons. The first-order valence-electron chi connectivity index (χ1n) is 19.4. The summed E-state index contributed by atoms with van der Waals surface area (Å²) in [5, 5.41) is 152. The lowest BCUT2D eigenvalue weighted by Gasteiger charge is -2.49. The Bertz CT molecular complexity index is 1420. The number of carbonyl (C=O) groups is 2. The summed E-state index contributed by atoms with van der Waals surface area (Å²) in [7, 11) is 0. The van der Waals surface area contributed by atoms with Gasteiger partial charge in [0.2, 0.25) is 11.8 Å². The van der Waals surface area contributed by atoms with Gasteiger partial charge in [0.25, 0.3) is 0 Å². The van der Waals surface area contributed by atoms with Gasteiger partial charge in [-0.2, -0.15) is 0 Å². The van der Waals surface area contributed by atoms with Crippen molar-refractivity contribution in [3.8, 4) is 0 Å². The maximum Gasteiger partial charge on any atom is 0.217 e. The molecular formula is C34H58N2O25. The summed E-state index contributed by atoms with van der Waals surface area (Å²) in [6.45, 7) is 0.0210. The molecule has 5 heterocycles. The molecule has 25 atom stereocenters. The van der Waals surface area contributed by atoms with E-state index in [1.807, 2.05) is 0 Å². The van der Waals surface area contributed by atoms with E-state index in [4.69, 9.17) is 42.6 Å². The fourth-order valence-corrected chi connectivity index (χ4v) is 7.65. The molecule has 0 aromatic rings. The van der Waals surface area contributed by atoms with Crippen molar-refractivity contribution >= 4 is 11.8 Å². The minimum Gasteiger partial charge on any atom is -0.394 e. The molecule has 5 aliphatic heterocycles. The maximum absolute atomic E-state index is 12.6. The number of hydrogen-bond donors (Lipinski definition) is 16. The molecule has 0 aromatic heterocycles. The number of rotatable bonds is 14. The van der Waals surface area contributed by atoms with Crippen LogP contribution in [-0.2, 0) is 52.2 Å². The number of hydrogen-bond acceptors (Lipinski definition) is 25. The predicted octanol–water partition coefficient (Wildman–Crippen LogP) is -10.6. The fraction of sp³-hybridized carbons (Fsp3) is 0.941. The van der Waals surface area contributed by atoms with Crippen LogP contribution >= 0.6 is 0 Å². The third-order valence-electron chi connectivity index (χ3n) is 11.1. The molecule has 61 heavy (non-hydrogen) atoms. The molecule has 2 amide bonds. The molecule has 0 bridgehead atoms. The largest absolute Gasteiger partial charge is 0.394 e. The highest BCUT2D eigenvalue weighted by Gasteiger charge is 2.56. The van der Waals surface area contributed by atoms with Crippen molar-refractivity contribution in [2.45, 2.75) is 174 Å². The van der Waals surface area contributed by atoms with Crippen LogP contribution in [0.2, 0.25) is 0 Å². The van der Waals surface area contributed by atoms with E-state index in [0.717, 1.165) is 13.8 Å². The Morgan fingerprint density at radius 2 is 0.885 bits per heavy atom. The van der Waals surface area contributed by atoms with Gasteiger partial charge in [-0.15, -0.1) is 0 Å². The average molecular weight is 895 g/mol. The zero-order valence-corrected chi connectivity index (χ0v) is 33.0. The number of nitrogens with one attached hydrogen (secondary N) is 2. The van der Waals surface area contributed by atoms with Crippen LogP contribution in [0.4, 0.5) is 0 Å². The highest BCUT2D eigenvalue weighted by Crippen LogP contribution is 2.35. The van der Waals surface area contributed by atoms with Gasteiger partial charge in [0, 0.05) is 13.8 Å². The summed E-state index contributed by atoms with van der Waals surface area (Å²) in [6, 6.07) is -3.18. The minimum atomic E-state index is -1.99. The van der Waals surface area contributed by atoms with Gasteiger partial charge < -0.3 is 125 Å². The van der Waals surface area contributed by atoms with Crippen LogP contribution in [0.3, 0.4) is 0 Å². The van der Waals surface area contributed by atoms with Crippen LogP contribution in [0, 0.1) is 0 Å². The summed E-state index contributed by atoms with van der Waals surface area (Å²) >= 11 is 0. The van der Waals surface area contributed by atoms with Crippen LogP contribution < -0.4 is 10.6 Å². The van der Waals surface area contributed by atoms with Crippen molar-refractivity contribution in [3.63, 3.8) is 0 Å². The van der Waals surface area contributed by atoms with Gasteiger partial charge in [-0.1, -0.05) is 0 Å². The van der Waals surface area contributed by atoms with Gasteiger partial charge >= 0.3 is 0 Å². The Morgan fingerprint density at radius 3 is 1.46 bits per heavy atom. The SMILES string of the molecule is CC(=O)N[C@@H]1[C@@H](OC2O[C@H](CO)[C@H](O)[C@H](O)[C@H]2O)[C@@H](O)[C@@H](COC2O[C@H](CO)[C@@H](O)[C@H](OC3O[C@H](CO)[C@H](O)[C@H](O)[C@H]3OC3O[C@@H](C)[C@@H](O)[C@@H](O)[C@@H]3O)[C@H]2NC(C)=O)O[C@@H]1O. The second-order valence-electron chi connectivity index (χ2n) is 15.4. The quantitative estimate of drug-likeness (QED) is 0.0770. The molecule has 27 nitrogen and oxygen atoms in total. The lowest BCUT2D eigenvalue weighted by molar-refractivity contribution is -0.382. The van der Waals surface area contributed by atoms with E-state index in [1.54, 1.807) is 0 Å². The minimum absolute atomic E-state index is 0.735. The van der Waals surface area contributed by atoms with Gasteiger partial charge in [0.1, 0.15) is 116 Å². The van der Waals surface area contributed by atoms with Gasteiger partial charge in [-0.05, 0) is 6.92 Å². The van der Waals surface area contributed by atoms with Crippen LogP contribution in [0.25, 0.3) is 0 Å². The molecule has 0 aliphatic carbocycles. The van der Waals surface area contributed by atoms with Crippen molar-refractivity contribution in [2.24, 2.45) is 0 Å². The second-order valence-corrected chi connectivity index (χ2v) is 15.4. The Hall–Kier alpha value is -1.98.